The van der Waals surface area contributed by atoms with Crippen molar-refractivity contribution in [3.05, 3.63) is 29.6 Å². The average molecular weight is 293 g/mol. The third-order valence-electron chi connectivity index (χ3n) is 3.89. The highest BCUT2D eigenvalue weighted by atomic mass is 19.1. The molecule has 0 unspecified atom stereocenters. The van der Waals surface area contributed by atoms with E-state index in [0.717, 1.165) is 37.3 Å². The van der Waals surface area contributed by atoms with Gasteiger partial charge in [0.05, 0.1) is 0 Å². The predicted octanol–water partition coefficient (Wildman–Crippen LogP) is 1.99. The molecular formula is C16H24FN3O. The molecule has 1 N–H and O–H groups in total. The summed E-state index contributed by atoms with van der Waals surface area (Å²) >= 11 is 0. The molecule has 0 atom stereocenters. The van der Waals surface area contributed by atoms with Crippen molar-refractivity contribution in [1.29, 1.82) is 0 Å². The second-order valence-corrected chi connectivity index (χ2v) is 5.41. The second kappa shape index (κ2) is 7.41. The monoisotopic (exact) mass is 293 g/mol. The number of nitrogens with one attached hydrogen (secondary N) is 1. The van der Waals surface area contributed by atoms with Crippen LogP contribution in [0.1, 0.15) is 25.8 Å². The molecule has 1 amide bonds. The van der Waals surface area contributed by atoms with Crippen LogP contribution in [0.15, 0.2) is 18.2 Å². The summed E-state index contributed by atoms with van der Waals surface area (Å²) in [6, 6.07) is 5.24. The second-order valence-electron chi connectivity index (χ2n) is 5.41. The maximum atomic E-state index is 14.1. The quantitative estimate of drug-likeness (QED) is 0.843. The summed E-state index contributed by atoms with van der Waals surface area (Å²) in [7, 11) is 0. The summed E-state index contributed by atoms with van der Waals surface area (Å²) in [5.41, 5.74) is 1.67. The molecule has 1 aliphatic heterocycles. The molecule has 4 nitrogen and oxygen atoms in total. The number of hydrogen-bond acceptors (Lipinski definition) is 3. The zero-order valence-electron chi connectivity index (χ0n) is 12.9. The van der Waals surface area contributed by atoms with E-state index in [0.29, 0.717) is 19.6 Å². The van der Waals surface area contributed by atoms with E-state index in [9.17, 15) is 9.18 Å². The van der Waals surface area contributed by atoms with E-state index in [1.807, 2.05) is 11.0 Å². The predicted molar refractivity (Wildman–Crippen MR) is 82.9 cm³/mol. The van der Waals surface area contributed by atoms with Crippen molar-refractivity contribution >= 4 is 11.6 Å². The SMILES string of the molecule is CCCNCc1c(F)cccc1N1CCN(C(C)=O)CC1. The Labute approximate surface area is 125 Å². The Morgan fingerprint density at radius 1 is 1.29 bits per heavy atom. The Morgan fingerprint density at radius 2 is 2.00 bits per heavy atom. The summed E-state index contributed by atoms with van der Waals surface area (Å²) in [5.74, 6) is -0.0520. The normalized spacial score (nSPS) is 15.4. The molecule has 1 aromatic rings. The zero-order valence-corrected chi connectivity index (χ0v) is 12.9. The van der Waals surface area contributed by atoms with Crippen molar-refractivity contribution < 1.29 is 9.18 Å². The van der Waals surface area contributed by atoms with Gasteiger partial charge in [0.15, 0.2) is 0 Å². The molecule has 0 spiro atoms. The first-order valence-corrected chi connectivity index (χ1v) is 7.62. The Morgan fingerprint density at radius 3 is 2.62 bits per heavy atom. The first-order chi connectivity index (χ1) is 10.1. The number of rotatable bonds is 5. The number of carbonyl (C=O) groups is 1. The van der Waals surface area contributed by atoms with Gasteiger partial charge < -0.3 is 15.1 Å². The number of piperazine rings is 1. The van der Waals surface area contributed by atoms with E-state index >= 15 is 0 Å². The molecule has 1 aliphatic rings. The maximum Gasteiger partial charge on any atom is 0.219 e. The minimum Gasteiger partial charge on any atom is -0.368 e. The van der Waals surface area contributed by atoms with Crippen molar-refractivity contribution in [3.63, 3.8) is 0 Å². The molecule has 0 bridgehead atoms. The van der Waals surface area contributed by atoms with E-state index in [1.54, 1.807) is 13.0 Å². The molecule has 0 saturated carbocycles. The van der Waals surface area contributed by atoms with E-state index < -0.39 is 0 Å². The molecule has 2 rings (SSSR count). The van der Waals surface area contributed by atoms with Gasteiger partial charge in [-0.05, 0) is 25.1 Å². The summed E-state index contributed by atoms with van der Waals surface area (Å²) in [6.45, 7) is 8.03. The highest BCUT2D eigenvalue weighted by molar-refractivity contribution is 5.73. The van der Waals surface area contributed by atoms with Gasteiger partial charge in [-0.15, -0.1) is 0 Å². The number of nitrogens with zero attached hydrogens (tertiary/aromatic N) is 2. The number of carbonyl (C=O) groups excluding carboxylic acids is 1. The molecule has 0 aromatic heterocycles. The van der Waals surface area contributed by atoms with Gasteiger partial charge >= 0.3 is 0 Å². The lowest BCUT2D eigenvalue weighted by molar-refractivity contribution is -0.129. The van der Waals surface area contributed by atoms with Gasteiger partial charge in [0, 0.05) is 50.9 Å². The molecular weight excluding hydrogens is 269 g/mol. The molecule has 0 radical (unpaired) electrons. The van der Waals surface area contributed by atoms with E-state index in [1.165, 1.54) is 6.07 Å². The average Bonchev–Trinajstić information content (AvgIpc) is 2.49. The first kappa shape index (κ1) is 15.8. The van der Waals surface area contributed by atoms with Crippen molar-refractivity contribution in [2.45, 2.75) is 26.8 Å². The Balaban J connectivity index is 2.09. The van der Waals surface area contributed by atoms with Gasteiger partial charge in [-0.3, -0.25) is 4.79 Å². The molecule has 21 heavy (non-hydrogen) atoms. The maximum absolute atomic E-state index is 14.1. The number of anilines is 1. The van der Waals surface area contributed by atoms with Crippen LogP contribution in [0.2, 0.25) is 0 Å². The minimum absolute atomic E-state index is 0.110. The molecule has 1 heterocycles. The first-order valence-electron chi connectivity index (χ1n) is 7.62. The Bertz CT molecular complexity index is 484. The van der Waals surface area contributed by atoms with Crippen LogP contribution in [0.3, 0.4) is 0 Å². The molecule has 1 saturated heterocycles. The minimum atomic E-state index is -0.162. The largest absolute Gasteiger partial charge is 0.368 e. The highest BCUT2D eigenvalue weighted by Gasteiger charge is 2.21. The lowest BCUT2D eigenvalue weighted by Crippen LogP contribution is -2.48. The summed E-state index contributed by atoms with van der Waals surface area (Å²) in [5, 5.41) is 3.27. The van der Waals surface area contributed by atoms with Crippen LogP contribution >= 0.6 is 0 Å². The van der Waals surface area contributed by atoms with Crippen LogP contribution < -0.4 is 10.2 Å². The van der Waals surface area contributed by atoms with Crippen molar-refractivity contribution in [3.8, 4) is 0 Å². The van der Waals surface area contributed by atoms with Gasteiger partial charge in [0.2, 0.25) is 5.91 Å². The zero-order chi connectivity index (χ0) is 15.2. The van der Waals surface area contributed by atoms with Gasteiger partial charge in [-0.1, -0.05) is 13.0 Å². The summed E-state index contributed by atoms with van der Waals surface area (Å²) in [6.07, 6.45) is 1.03. The van der Waals surface area contributed by atoms with Crippen molar-refractivity contribution in [2.75, 3.05) is 37.6 Å². The molecule has 1 aromatic carbocycles. The lowest BCUT2D eigenvalue weighted by Gasteiger charge is -2.36. The van der Waals surface area contributed by atoms with Gasteiger partial charge in [0.25, 0.3) is 0 Å². The lowest BCUT2D eigenvalue weighted by atomic mass is 10.1. The third-order valence-corrected chi connectivity index (χ3v) is 3.89. The van der Waals surface area contributed by atoms with E-state index in [2.05, 4.69) is 17.1 Å². The Kier molecular flexibility index (Phi) is 5.56. The van der Waals surface area contributed by atoms with Crippen LogP contribution in [0.4, 0.5) is 10.1 Å². The van der Waals surface area contributed by atoms with Crippen LogP contribution in [-0.2, 0) is 11.3 Å². The topological polar surface area (TPSA) is 35.6 Å². The van der Waals surface area contributed by atoms with Crippen molar-refractivity contribution in [2.24, 2.45) is 0 Å². The van der Waals surface area contributed by atoms with Crippen LogP contribution in [0, 0.1) is 5.82 Å². The summed E-state index contributed by atoms with van der Waals surface area (Å²) < 4.78 is 14.1. The summed E-state index contributed by atoms with van der Waals surface area (Å²) in [4.78, 5) is 15.4. The van der Waals surface area contributed by atoms with Crippen LogP contribution in [0.25, 0.3) is 0 Å². The van der Waals surface area contributed by atoms with Gasteiger partial charge in [0.1, 0.15) is 5.82 Å². The number of benzene rings is 1. The van der Waals surface area contributed by atoms with Crippen molar-refractivity contribution in [1.82, 2.24) is 10.2 Å². The van der Waals surface area contributed by atoms with E-state index in [4.69, 9.17) is 0 Å². The van der Waals surface area contributed by atoms with Crippen LogP contribution in [0.5, 0.6) is 0 Å². The fourth-order valence-electron chi connectivity index (χ4n) is 2.67. The number of hydrogen-bond donors (Lipinski definition) is 1. The number of amides is 1. The molecule has 116 valence electrons. The molecule has 0 aliphatic carbocycles. The van der Waals surface area contributed by atoms with Gasteiger partial charge in [-0.25, -0.2) is 4.39 Å². The van der Waals surface area contributed by atoms with E-state index in [-0.39, 0.29) is 11.7 Å². The molecule has 5 heteroatoms. The fraction of sp³-hybridized carbons (Fsp3) is 0.562. The third kappa shape index (κ3) is 3.94. The Hall–Kier alpha value is -1.62. The van der Waals surface area contributed by atoms with Crippen LogP contribution in [-0.4, -0.2) is 43.5 Å². The fourth-order valence-corrected chi connectivity index (χ4v) is 2.67. The van der Waals surface area contributed by atoms with Gasteiger partial charge in [-0.2, -0.15) is 0 Å². The highest BCUT2D eigenvalue weighted by Crippen LogP contribution is 2.24. The standard InChI is InChI=1S/C16H24FN3O/c1-3-7-18-12-14-15(17)5-4-6-16(14)20-10-8-19(9-11-20)13(2)21/h4-6,18H,3,7-12H2,1-2H3. The smallest absolute Gasteiger partial charge is 0.219 e. The molecule has 1 fully saturated rings. The number of halogens is 1.